The smallest absolute Gasteiger partial charge is 0.233 e. The summed E-state index contributed by atoms with van der Waals surface area (Å²) in [7, 11) is 0. The molecule has 0 aliphatic heterocycles. The summed E-state index contributed by atoms with van der Waals surface area (Å²) in [4.78, 5) is 15.1. The van der Waals surface area contributed by atoms with Crippen molar-refractivity contribution in [1.82, 2.24) is 4.98 Å². The van der Waals surface area contributed by atoms with Crippen LogP contribution in [0.2, 0.25) is 0 Å². The Morgan fingerprint density at radius 2 is 1.80 bits per heavy atom. The van der Waals surface area contributed by atoms with E-state index in [1.54, 1.807) is 12.1 Å². The van der Waals surface area contributed by atoms with Crippen LogP contribution in [0.3, 0.4) is 0 Å². The minimum atomic E-state index is 0.588. The first-order chi connectivity index (χ1) is 9.76. The van der Waals surface area contributed by atoms with E-state index in [0.717, 1.165) is 17.6 Å². The molecule has 0 aliphatic carbocycles. The fraction of sp³-hybridized carbons (Fsp3) is 0.111. The van der Waals surface area contributed by atoms with Gasteiger partial charge in [0.15, 0.2) is 0 Å². The molecule has 0 unspecified atom stereocenters. The minimum absolute atomic E-state index is 0.588. The van der Waals surface area contributed by atoms with Gasteiger partial charge < -0.3 is 0 Å². The fourth-order valence-corrected chi connectivity index (χ4v) is 2.45. The van der Waals surface area contributed by atoms with Crippen LogP contribution in [0, 0.1) is 6.92 Å². The molecule has 3 rings (SSSR count). The highest BCUT2D eigenvalue weighted by molar-refractivity contribution is 5.82. The molecule has 0 fully saturated rings. The zero-order chi connectivity index (χ0) is 13.9. The van der Waals surface area contributed by atoms with Crippen LogP contribution in [0.5, 0.6) is 0 Å². The number of fused-ring (bicyclic) bond motifs is 1. The van der Waals surface area contributed by atoms with E-state index >= 15 is 0 Å². The largest absolute Gasteiger partial charge is 0.285 e. The summed E-state index contributed by atoms with van der Waals surface area (Å²) in [5.41, 5.74) is 5.08. The van der Waals surface area contributed by atoms with Crippen LogP contribution in [-0.4, -0.2) is 11.3 Å². The predicted molar refractivity (Wildman–Crippen MR) is 80.5 cm³/mol. The van der Waals surface area contributed by atoms with E-state index in [0.29, 0.717) is 5.56 Å². The second-order valence-corrected chi connectivity index (χ2v) is 4.92. The van der Waals surface area contributed by atoms with E-state index < -0.39 is 0 Å². The molecule has 0 saturated heterocycles. The van der Waals surface area contributed by atoms with Crippen LogP contribution in [0.4, 0.5) is 0 Å². The molecule has 2 heteroatoms. The van der Waals surface area contributed by atoms with Crippen molar-refractivity contribution in [2.24, 2.45) is 0 Å². The van der Waals surface area contributed by atoms with Crippen LogP contribution in [0.25, 0.3) is 10.9 Å². The lowest BCUT2D eigenvalue weighted by atomic mass is 9.99. The molecule has 0 bridgehead atoms. The van der Waals surface area contributed by atoms with Crippen LogP contribution >= 0.6 is 0 Å². The number of hydrogen-bond acceptors (Lipinski definition) is 2. The fourth-order valence-electron chi connectivity index (χ4n) is 2.45. The monoisotopic (exact) mass is 260 g/mol. The van der Waals surface area contributed by atoms with Crippen LogP contribution in [0.1, 0.15) is 22.4 Å². The predicted octanol–water partition coefficient (Wildman–Crippen LogP) is 3.59. The van der Waals surface area contributed by atoms with Gasteiger partial charge in [-0.05, 0) is 36.6 Å². The lowest BCUT2D eigenvalue weighted by Gasteiger charge is -2.08. The molecule has 0 saturated carbocycles. The maximum absolute atomic E-state index is 10.6. The molecule has 2 nitrogen and oxygen atoms in total. The number of benzene rings is 2. The van der Waals surface area contributed by atoms with Gasteiger partial charge in [0, 0.05) is 16.6 Å². The second kappa shape index (κ2) is 5.25. The molecule has 0 aliphatic rings. The van der Waals surface area contributed by atoms with Crippen molar-refractivity contribution in [3.05, 3.63) is 77.0 Å². The first-order valence-electron chi connectivity index (χ1n) is 6.58. The average Bonchev–Trinajstić information content (AvgIpc) is 2.48. The Balaban J connectivity index is 2.03. The minimum Gasteiger partial charge on any atom is -0.285 e. The number of carbonyl (C=O) groups excluding carboxylic acids is 1. The molecule has 3 aromatic rings. The van der Waals surface area contributed by atoms with Crippen molar-refractivity contribution in [3.8, 4) is 0 Å². The third kappa shape index (κ3) is 2.45. The summed E-state index contributed by atoms with van der Waals surface area (Å²) < 4.78 is 0. The van der Waals surface area contributed by atoms with E-state index in [-0.39, 0.29) is 0 Å². The maximum atomic E-state index is 10.6. The molecule has 1 heterocycles. The van der Waals surface area contributed by atoms with Crippen molar-refractivity contribution in [2.75, 3.05) is 0 Å². The molecule has 1 radical (unpaired) electrons. The lowest BCUT2D eigenvalue weighted by molar-refractivity contribution is 0.563. The number of pyridine rings is 1. The highest BCUT2D eigenvalue weighted by Crippen LogP contribution is 2.21. The van der Waals surface area contributed by atoms with E-state index in [2.05, 4.69) is 17.1 Å². The molecule has 0 atom stereocenters. The quantitative estimate of drug-likeness (QED) is 0.720. The first-order valence-corrected chi connectivity index (χ1v) is 6.58. The highest BCUT2D eigenvalue weighted by atomic mass is 16.1. The van der Waals surface area contributed by atoms with Gasteiger partial charge in [0.05, 0.1) is 5.52 Å². The van der Waals surface area contributed by atoms with Gasteiger partial charge in [-0.3, -0.25) is 9.78 Å². The van der Waals surface area contributed by atoms with Gasteiger partial charge in [0.2, 0.25) is 6.29 Å². The Morgan fingerprint density at radius 3 is 2.55 bits per heavy atom. The second-order valence-electron chi connectivity index (χ2n) is 4.92. The number of rotatable bonds is 3. The van der Waals surface area contributed by atoms with Gasteiger partial charge in [0.1, 0.15) is 0 Å². The number of hydrogen-bond donors (Lipinski definition) is 0. The van der Waals surface area contributed by atoms with Gasteiger partial charge >= 0.3 is 0 Å². The molecule has 0 N–H and O–H groups in total. The first kappa shape index (κ1) is 12.5. The van der Waals surface area contributed by atoms with Crippen molar-refractivity contribution < 1.29 is 4.79 Å². The molecule has 2 aromatic carbocycles. The number of aryl methyl sites for hydroxylation is 1. The van der Waals surface area contributed by atoms with Crippen molar-refractivity contribution in [3.63, 3.8) is 0 Å². The number of nitrogens with zero attached hydrogens (tertiary/aromatic N) is 1. The SMILES string of the molecule is Cc1cc(Cc2ccc([C]=O)cc2)c2ccccc2n1. The average molecular weight is 260 g/mol. The molecule has 0 spiro atoms. The van der Waals surface area contributed by atoms with Crippen LogP contribution < -0.4 is 0 Å². The van der Waals surface area contributed by atoms with E-state index in [4.69, 9.17) is 0 Å². The molecule has 0 amide bonds. The van der Waals surface area contributed by atoms with Gasteiger partial charge in [-0.1, -0.05) is 42.5 Å². The molecule has 20 heavy (non-hydrogen) atoms. The third-order valence-electron chi connectivity index (χ3n) is 3.40. The summed E-state index contributed by atoms with van der Waals surface area (Å²) in [6.07, 6.45) is 2.73. The summed E-state index contributed by atoms with van der Waals surface area (Å²) in [6.45, 7) is 2.01. The topological polar surface area (TPSA) is 30.0 Å². The normalized spacial score (nSPS) is 10.7. The highest BCUT2D eigenvalue weighted by Gasteiger charge is 2.05. The molecular formula is C18H14NO. The van der Waals surface area contributed by atoms with Gasteiger partial charge in [-0.15, -0.1) is 0 Å². The Kier molecular flexibility index (Phi) is 3.30. The van der Waals surface area contributed by atoms with E-state index in [9.17, 15) is 4.79 Å². The van der Waals surface area contributed by atoms with E-state index in [1.807, 2.05) is 43.5 Å². The summed E-state index contributed by atoms with van der Waals surface area (Å²) >= 11 is 0. The number of aromatic nitrogens is 1. The molecule has 1 aromatic heterocycles. The van der Waals surface area contributed by atoms with Crippen molar-refractivity contribution in [1.29, 1.82) is 0 Å². The maximum Gasteiger partial charge on any atom is 0.233 e. The number of para-hydroxylation sites is 1. The summed E-state index contributed by atoms with van der Waals surface area (Å²) in [5, 5.41) is 1.18. The van der Waals surface area contributed by atoms with Gasteiger partial charge in [-0.25, -0.2) is 0 Å². The Labute approximate surface area is 118 Å². The van der Waals surface area contributed by atoms with Crippen LogP contribution in [0.15, 0.2) is 54.6 Å². The van der Waals surface area contributed by atoms with Crippen LogP contribution in [-0.2, 0) is 11.2 Å². The lowest BCUT2D eigenvalue weighted by Crippen LogP contribution is -1.94. The van der Waals surface area contributed by atoms with Gasteiger partial charge in [-0.2, -0.15) is 0 Å². The summed E-state index contributed by atoms with van der Waals surface area (Å²) in [5.74, 6) is 0. The summed E-state index contributed by atoms with van der Waals surface area (Å²) in [6, 6.07) is 17.9. The Morgan fingerprint density at radius 1 is 1.05 bits per heavy atom. The third-order valence-corrected chi connectivity index (χ3v) is 3.40. The van der Waals surface area contributed by atoms with Crippen molar-refractivity contribution in [2.45, 2.75) is 13.3 Å². The van der Waals surface area contributed by atoms with Crippen molar-refractivity contribution >= 4 is 17.2 Å². The molecule has 97 valence electrons. The molecular weight excluding hydrogens is 246 g/mol. The Bertz CT molecular complexity index is 760. The van der Waals surface area contributed by atoms with Gasteiger partial charge in [0.25, 0.3) is 0 Å². The zero-order valence-corrected chi connectivity index (χ0v) is 11.3. The Hall–Kier alpha value is -2.48. The zero-order valence-electron chi connectivity index (χ0n) is 11.3. The standard InChI is InChI=1S/C18H14NO/c1-13-10-16(17-4-2-3-5-18(17)19-13)11-14-6-8-15(12-20)9-7-14/h2-10H,11H2,1H3. The van der Waals surface area contributed by atoms with E-state index in [1.165, 1.54) is 16.5 Å².